The predicted octanol–water partition coefficient (Wildman–Crippen LogP) is 3.25. The third kappa shape index (κ3) is 4.77. The summed E-state index contributed by atoms with van der Waals surface area (Å²) < 4.78 is 11.6. The molecule has 2 aromatic rings. The van der Waals surface area contributed by atoms with Crippen molar-refractivity contribution in [2.75, 3.05) is 24.6 Å². The molecule has 0 amide bonds. The van der Waals surface area contributed by atoms with Gasteiger partial charge in [0, 0.05) is 13.0 Å². The third-order valence-electron chi connectivity index (χ3n) is 4.07. The lowest BCUT2D eigenvalue weighted by molar-refractivity contribution is 0.0268. The van der Waals surface area contributed by atoms with Crippen LogP contribution in [-0.2, 0) is 0 Å². The Balaban J connectivity index is 1.65. The van der Waals surface area contributed by atoms with Gasteiger partial charge >= 0.3 is 0 Å². The Hall–Kier alpha value is -2.05. The highest BCUT2D eigenvalue weighted by Gasteiger charge is 2.28. The molecular formula is C19H24ClN3O3. The van der Waals surface area contributed by atoms with Gasteiger partial charge in [-0.05, 0) is 32.9 Å². The molecule has 7 heteroatoms. The number of anilines is 1. The Morgan fingerprint density at radius 3 is 2.69 bits per heavy atom. The second kappa shape index (κ2) is 7.68. The first-order chi connectivity index (χ1) is 12.3. The topological polar surface area (TPSA) is 67.7 Å². The van der Waals surface area contributed by atoms with Gasteiger partial charge in [0.25, 0.3) is 0 Å². The molecule has 1 fully saturated rings. The van der Waals surface area contributed by atoms with E-state index in [2.05, 4.69) is 21.8 Å². The molecule has 1 aliphatic heterocycles. The first-order valence-corrected chi connectivity index (χ1v) is 9.03. The second-order valence-corrected chi connectivity index (χ2v) is 7.58. The van der Waals surface area contributed by atoms with Crippen LogP contribution in [0.15, 0.2) is 30.6 Å². The van der Waals surface area contributed by atoms with E-state index in [1.807, 2.05) is 24.3 Å². The van der Waals surface area contributed by atoms with E-state index in [9.17, 15) is 5.11 Å². The Kier molecular flexibility index (Phi) is 5.53. The first kappa shape index (κ1) is 18.7. The Bertz CT molecular complexity index is 747. The minimum absolute atomic E-state index is 0.0736. The molecule has 2 heterocycles. The highest BCUT2D eigenvalue weighted by atomic mass is 35.5. The standard InChI is InChI=1S/C19H24ClN3O3/c1-13-4-6-14(7-5-13)26-15-8-9-23(10-15)17-16(20)18(22-12-21-17)25-11-19(2,3)24/h4-7,12,15,24H,8-11H2,1-3H3/t15-/m1/s1. The number of hydrogen-bond donors (Lipinski definition) is 1. The summed E-state index contributed by atoms with van der Waals surface area (Å²) in [5.74, 6) is 1.77. The van der Waals surface area contributed by atoms with Gasteiger partial charge in [0.1, 0.15) is 29.8 Å². The SMILES string of the molecule is Cc1ccc(O[C@@H]2CCN(c3ncnc(OCC(C)(C)O)c3Cl)C2)cc1. The van der Waals surface area contributed by atoms with Crippen molar-refractivity contribution in [3.05, 3.63) is 41.2 Å². The molecule has 0 aliphatic carbocycles. The minimum Gasteiger partial charge on any atom is -0.489 e. The highest BCUT2D eigenvalue weighted by molar-refractivity contribution is 6.34. The largest absolute Gasteiger partial charge is 0.489 e. The fraction of sp³-hybridized carbons (Fsp3) is 0.474. The van der Waals surface area contributed by atoms with Crippen molar-refractivity contribution < 1.29 is 14.6 Å². The van der Waals surface area contributed by atoms with Crippen molar-refractivity contribution in [2.45, 2.75) is 38.9 Å². The van der Waals surface area contributed by atoms with Crippen LogP contribution in [0, 0.1) is 6.92 Å². The van der Waals surface area contributed by atoms with Crippen LogP contribution in [0.1, 0.15) is 25.8 Å². The maximum absolute atomic E-state index is 9.80. The molecule has 0 bridgehead atoms. The zero-order valence-electron chi connectivity index (χ0n) is 15.3. The lowest BCUT2D eigenvalue weighted by Gasteiger charge is -2.21. The number of halogens is 1. The number of benzene rings is 1. The van der Waals surface area contributed by atoms with Gasteiger partial charge in [-0.3, -0.25) is 0 Å². The van der Waals surface area contributed by atoms with E-state index < -0.39 is 5.60 Å². The van der Waals surface area contributed by atoms with Crippen LogP contribution < -0.4 is 14.4 Å². The van der Waals surface area contributed by atoms with Crippen LogP contribution in [-0.4, -0.2) is 46.5 Å². The molecule has 6 nitrogen and oxygen atoms in total. The molecule has 1 N–H and O–H groups in total. The Morgan fingerprint density at radius 1 is 1.27 bits per heavy atom. The average Bonchev–Trinajstić information content (AvgIpc) is 3.03. The number of aryl methyl sites for hydroxylation is 1. The summed E-state index contributed by atoms with van der Waals surface area (Å²) in [5.41, 5.74) is 0.242. The maximum atomic E-state index is 9.80. The number of hydrogen-bond acceptors (Lipinski definition) is 6. The molecular weight excluding hydrogens is 354 g/mol. The van der Waals surface area contributed by atoms with E-state index in [4.69, 9.17) is 21.1 Å². The molecule has 1 aliphatic rings. The molecule has 26 heavy (non-hydrogen) atoms. The average molecular weight is 378 g/mol. The molecule has 1 saturated heterocycles. The first-order valence-electron chi connectivity index (χ1n) is 8.66. The van der Waals surface area contributed by atoms with E-state index in [0.717, 1.165) is 18.7 Å². The summed E-state index contributed by atoms with van der Waals surface area (Å²) in [7, 11) is 0. The molecule has 3 rings (SSSR count). The maximum Gasteiger partial charge on any atom is 0.238 e. The lowest BCUT2D eigenvalue weighted by atomic mass is 10.2. The molecule has 0 radical (unpaired) electrons. The van der Waals surface area contributed by atoms with Crippen LogP contribution in [0.25, 0.3) is 0 Å². The smallest absolute Gasteiger partial charge is 0.238 e. The van der Waals surface area contributed by atoms with Crippen LogP contribution >= 0.6 is 11.6 Å². The molecule has 0 spiro atoms. The number of aromatic nitrogens is 2. The third-order valence-corrected chi connectivity index (χ3v) is 4.40. The van der Waals surface area contributed by atoms with Crippen LogP contribution in [0.5, 0.6) is 11.6 Å². The second-order valence-electron chi connectivity index (χ2n) is 7.21. The summed E-state index contributed by atoms with van der Waals surface area (Å²) >= 11 is 6.43. The molecule has 1 aromatic carbocycles. The zero-order valence-corrected chi connectivity index (χ0v) is 16.0. The van der Waals surface area contributed by atoms with E-state index in [1.165, 1.54) is 11.9 Å². The van der Waals surface area contributed by atoms with Crippen LogP contribution in [0.2, 0.25) is 5.02 Å². The molecule has 140 valence electrons. The monoisotopic (exact) mass is 377 g/mol. The predicted molar refractivity (Wildman–Crippen MR) is 101 cm³/mol. The van der Waals surface area contributed by atoms with Gasteiger partial charge in [0.15, 0.2) is 5.82 Å². The lowest BCUT2D eigenvalue weighted by Crippen LogP contribution is -2.29. The van der Waals surface area contributed by atoms with Crippen LogP contribution in [0.4, 0.5) is 5.82 Å². The molecule has 0 saturated carbocycles. The molecule has 1 aromatic heterocycles. The Labute approximate surface area is 158 Å². The summed E-state index contributed by atoms with van der Waals surface area (Å²) in [5, 5.41) is 10.2. The Morgan fingerprint density at radius 2 is 2.00 bits per heavy atom. The van der Waals surface area contributed by atoms with Gasteiger partial charge in [-0.25, -0.2) is 9.97 Å². The number of rotatable bonds is 6. The quantitative estimate of drug-likeness (QED) is 0.833. The van der Waals surface area contributed by atoms with Gasteiger partial charge in [0.05, 0.1) is 12.1 Å². The summed E-state index contributed by atoms with van der Waals surface area (Å²) in [4.78, 5) is 10.4. The van der Waals surface area contributed by atoms with Crippen molar-refractivity contribution in [2.24, 2.45) is 0 Å². The normalized spacial score (nSPS) is 17.4. The van der Waals surface area contributed by atoms with Crippen molar-refractivity contribution in [1.82, 2.24) is 9.97 Å². The summed E-state index contributed by atoms with van der Waals surface area (Å²) in [6.07, 6.45) is 2.38. The molecule has 0 unspecified atom stereocenters. The van der Waals surface area contributed by atoms with Crippen molar-refractivity contribution in [1.29, 1.82) is 0 Å². The van der Waals surface area contributed by atoms with Crippen LogP contribution in [0.3, 0.4) is 0 Å². The van der Waals surface area contributed by atoms with Gasteiger partial charge in [-0.15, -0.1) is 0 Å². The molecule has 1 atom stereocenters. The van der Waals surface area contributed by atoms with Crippen molar-refractivity contribution in [3.8, 4) is 11.6 Å². The van der Waals surface area contributed by atoms with Gasteiger partial charge in [-0.2, -0.15) is 0 Å². The summed E-state index contributed by atoms with van der Waals surface area (Å²) in [6, 6.07) is 8.04. The van der Waals surface area contributed by atoms with E-state index in [0.29, 0.717) is 17.4 Å². The highest BCUT2D eigenvalue weighted by Crippen LogP contribution is 2.33. The zero-order chi connectivity index (χ0) is 18.7. The van der Waals surface area contributed by atoms with Crippen molar-refractivity contribution in [3.63, 3.8) is 0 Å². The number of aliphatic hydroxyl groups is 1. The van der Waals surface area contributed by atoms with Gasteiger partial charge in [-0.1, -0.05) is 29.3 Å². The van der Waals surface area contributed by atoms with Crippen molar-refractivity contribution >= 4 is 17.4 Å². The van der Waals surface area contributed by atoms with E-state index in [-0.39, 0.29) is 18.6 Å². The number of nitrogens with zero attached hydrogens (tertiary/aromatic N) is 3. The fourth-order valence-electron chi connectivity index (χ4n) is 2.74. The van der Waals surface area contributed by atoms with Gasteiger partial charge in [0.2, 0.25) is 5.88 Å². The number of ether oxygens (including phenoxy) is 2. The van der Waals surface area contributed by atoms with E-state index >= 15 is 0 Å². The van der Waals surface area contributed by atoms with E-state index in [1.54, 1.807) is 13.8 Å². The summed E-state index contributed by atoms with van der Waals surface area (Å²) in [6.45, 7) is 6.96. The fourth-order valence-corrected chi connectivity index (χ4v) is 3.01. The van der Waals surface area contributed by atoms with Gasteiger partial charge < -0.3 is 19.5 Å². The minimum atomic E-state index is -0.963.